The zero-order valence-electron chi connectivity index (χ0n) is 19.4. The second kappa shape index (κ2) is 13.5. The molecule has 2 aromatic rings. The lowest BCUT2D eigenvalue weighted by molar-refractivity contribution is 0.107. The fourth-order valence-electron chi connectivity index (χ4n) is 3.21. The van der Waals surface area contributed by atoms with Crippen LogP contribution in [0.25, 0.3) is 0 Å². The van der Waals surface area contributed by atoms with Crippen molar-refractivity contribution in [1.29, 1.82) is 0 Å². The molecular weight excluding hydrogens is 390 g/mol. The molecule has 0 bridgehead atoms. The first kappa shape index (κ1) is 24.5. The highest BCUT2D eigenvalue weighted by Gasteiger charge is 2.07. The first-order chi connectivity index (χ1) is 15.1. The third-order valence-electron chi connectivity index (χ3n) is 4.79. The molecule has 0 aliphatic heterocycles. The summed E-state index contributed by atoms with van der Waals surface area (Å²) in [5.41, 5.74) is 5.32. The minimum absolute atomic E-state index is 0.580. The highest BCUT2D eigenvalue weighted by Crippen LogP contribution is 2.28. The first-order valence-corrected chi connectivity index (χ1v) is 10.8. The molecule has 2 rings (SSSR count). The average molecular weight is 426 g/mol. The minimum Gasteiger partial charge on any atom is -0.493 e. The van der Waals surface area contributed by atoms with E-state index in [1.165, 1.54) is 0 Å². The summed E-state index contributed by atoms with van der Waals surface area (Å²) >= 11 is 0. The van der Waals surface area contributed by atoms with Gasteiger partial charge in [0.2, 0.25) is 0 Å². The van der Waals surface area contributed by atoms with Crippen LogP contribution in [0.3, 0.4) is 0 Å². The van der Waals surface area contributed by atoms with Gasteiger partial charge in [-0.25, -0.2) is 0 Å². The Morgan fingerprint density at radius 2 is 1.71 bits per heavy atom. The van der Waals surface area contributed by atoms with E-state index >= 15 is 0 Å². The van der Waals surface area contributed by atoms with E-state index in [1.54, 1.807) is 7.11 Å². The Morgan fingerprint density at radius 1 is 1.00 bits per heavy atom. The van der Waals surface area contributed by atoms with Crippen LogP contribution in [0.1, 0.15) is 48.9 Å². The van der Waals surface area contributed by atoms with Crippen LogP contribution in [-0.4, -0.2) is 32.6 Å². The standard InChI is InChI=1S/C26H35NO4/c1-6-8-15-30-24-17-20(3)26(21(4)18-24)31-16-9-14-29-19-22-10-12-23(13-11-22)25(7-2)27-28-5/h6,8,10-13,17-18H,7,9,14-16,19H2,1-5H3/b8-6+,27-25+. The number of ether oxygens (including phenoxy) is 3. The molecular formula is C26H35NO4. The zero-order chi connectivity index (χ0) is 22.5. The number of nitrogens with zero attached hydrogens (tertiary/aromatic N) is 1. The molecule has 0 amide bonds. The molecule has 0 unspecified atom stereocenters. The lowest BCUT2D eigenvalue weighted by Gasteiger charge is -2.14. The van der Waals surface area contributed by atoms with Gasteiger partial charge in [-0.1, -0.05) is 48.5 Å². The van der Waals surface area contributed by atoms with Crippen molar-refractivity contribution in [3.05, 3.63) is 70.8 Å². The summed E-state index contributed by atoms with van der Waals surface area (Å²) in [6.45, 7) is 10.6. The zero-order valence-corrected chi connectivity index (χ0v) is 19.4. The molecule has 0 aliphatic rings. The van der Waals surface area contributed by atoms with Crippen LogP contribution in [0.4, 0.5) is 0 Å². The third kappa shape index (κ3) is 8.10. The van der Waals surface area contributed by atoms with Gasteiger partial charge in [0, 0.05) is 6.42 Å². The number of allylic oxidation sites excluding steroid dienone is 1. The Bertz CT molecular complexity index is 833. The quantitative estimate of drug-likeness (QED) is 0.171. The molecule has 0 atom stereocenters. The van der Waals surface area contributed by atoms with Gasteiger partial charge >= 0.3 is 0 Å². The summed E-state index contributed by atoms with van der Waals surface area (Å²) < 4.78 is 17.5. The molecule has 0 N–H and O–H groups in total. The van der Waals surface area contributed by atoms with E-state index in [-0.39, 0.29) is 0 Å². The molecule has 5 nitrogen and oxygen atoms in total. The largest absolute Gasteiger partial charge is 0.493 e. The van der Waals surface area contributed by atoms with E-state index in [2.05, 4.69) is 36.3 Å². The molecule has 0 aromatic heterocycles. The molecule has 2 aromatic carbocycles. The van der Waals surface area contributed by atoms with Crippen molar-refractivity contribution >= 4 is 5.71 Å². The van der Waals surface area contributed by atoms with E-state index in [0.717, 1.165) is 52.3 Å². The highest BCUT2D eigenvalue weighted by atomic mass is 16.6. The van der Waals surface area contributed by atoms with Crippen LogP contribution in [0.15, 0.2) is 53.7 Å². The van der Waals surface area contributed by atoms with Gasteiger partial charge in [0.1, 0.15) is 25.2 Å². The monoisotopic (exact) mass is 425 g/mol. The Balaban J connectivity index is 1.73. The maximum absolute atomic E-state index is 6.00. The summed E-state index contributed by atoms with van der Waals surface area (Å²) in [5.74, 6) is 1.80. The summed E-state index contributed by atoms with van der Waals surface area (Å²) in [6.07, 6.45) is 5.63. The number of benzene rings is 2. The fraction of sp³-hybridized carbons (Fsp3) is 0.423. The van der Waals surface area contributed by atoms with Crippen molar-refractivity contribution < 1.29 is 19.0 Å². The Labute approximate surface area is 186 Å². The van der Waals surface area contributed by atoms with Gasteiger partial charge < -0.3 is 19.0 Å². The average Bonchev–Trinajstić information content (AvgIpc) is 2.76. The van der Waals surface area contributed by atoms with E-state index in [9.17, 15) is 0 Å². The summed E-state index contributed by atoms with van der Waals surface area (Å²) in [4.78, 5) is 4.90. The van der Waals surface area contributed by atoms with Crippen molar-refractivity contribution in [1.82, 2.24) is 0 Å². The van der Waals surface area contributed by atoms with Crippen molar-refractivity contribution in [2.75, 3.05) is 26.9 Å². The Kier molecular flexibility index (Phi) is 10.7. The van der Waals surface area contributed by atoms with E-state index in [0.29, 0.717) is 26.4 Å². The number of hydrogen-bond acceptors (Lipinski definition) is 5. The topological polar surface area (TPSA) is 49.3 Å². The second-order valence-corrected chi connectivity index (χ2v) is 7.29. The van der Waals surface area contributed by atoms with Crippen molar-refractivity contribution in [3.63, 3.8) is 0 Å². The van der Waals surface area contributed by atoms with Gasteiger partial charge in [0.05, 0.1) is 25.5 Å². The molecule has 0 heterocycles. The van der Waals surface area contributed by atoms with Gasteiger partial charge in [-0.2, -0.15) is 0 Å². The molecule has 168 valence electrons. The molecule has 0 aliphatic carbocycles. The molecule has 0 saturated carbocycles. The first-order valence-electron chi connectivity index (χ1n) is 10.8. The molecule has 0 radical (unpaired) electrons. The second-order valence-electron chi connectivity index (χ2n) is 7.29. The van der Waals surface area contributed by atoms with Crippen molar-refractivity contribution in [2.45, 2.75) is 47.1 Å². The van der Waals surface area contributed by atoms with E-state index in [4.69, 9.17) is 19.0 Å². The fourth-order valence-corrected chi connectivity index (χ4v) is 3.21. The van der Waals surface area contributed by atoms with Crippen LogP contribution in [0.2, 0.25) is 0 Å². The highest BCUT2D eigenvalue weighted by molar-refractivity contribution is 6.00. The lowest BCUT2D eigenvalue weighted by atomic mass is 10.1. The molecule has 31 heavy (non-hydrogen) atoms. The maximum Gasteiger partial charge on any atom is 0.125 e. The predicted molar refractivity (Wildman–Crippen MR) is 126 cm³/mol. The molecule has 0 fully saturated rings. The van der Waals surface area contributed by atoms with Crippen LogP contribution < -0.4 is 9.47 Å². The lowest BCUT2D eigenvalue weighted by Crippen LogP contribution is -2.06. The van der Waals surface area contributed by atoms with Gasteiger partial charge in [-0.05, 0) is 61.6 Å². The molecule has 0 spiro atoms. The number of hydrogen-bond donors (Lipinski definition) is 0. The summed E-state index contributed by atoms with van der Waals surface area (Å²) in [7, 11) is 1.57. The minimum atomic E-state index is 0.580. The Morgan fingerprint density at radius 3 is 2.32 bits per heavy atom. The SMILES string of the molecule is C/C=C/COc1cc(C)c(OCCCOCc2ccc(/C(CC)=N/OC)cc2)c(C)c1. The van der Waals surface area contributed by atoms with Gasteiger partial charge in [-0.15, -0.1) is 0 Å². The van der Waals surface area contributed by atoms with Gasteiger partial charge in [0.25, 0.3) is 0 Å². The van der Waals surface area contributed by atoms with Crippen LogP contribution >= 0.6 is 0 Å². The molecule has 0 saturated heterocycles. The van der Waals surface area contributed by atoms with Crippen molar-refractivity contribution in [3.8, 4) is 11.5 Å². The number of oxime groups is 1. The maximum atomic E-state index is 6.00. The number of aryl methyl sites for hydroxylation is 2. The van der Waals surface area contributed by atoms with E-state index in [1.807, 2.05) is 45.1 Å². The summed E-state index contributed by atoms with van der Waals surface area (Å²) in [5, 5.41) is 4.06. The predicted octanol–water partition coefficient (Wildman–Crippen LogP) is 6.00. The Hall–Kier alpha value is -2.79. The smallest absolute Gasteiger partial charge is 0.125 e. The van der Waals surface area contributed by atoms with Crippen LogP contribution in [0, 0.1) is 13.8 Å². The van der Waals surface area contributed by atoms with Crippen molar-refractivity contribution in [2.24, 2.45) is 5.16 Å². The number of rotatable bonds is 13. The summed E-state index contributed by atoms with van der Waals surface area (Å²) in [6, 6.07) is 12.3. The van der Waals surface area contributed by atoms with E-state index < -0.39 is 0 Å². The normalized spacial score (nSPS) is 11.7. The van der Waals surface area contributed by atoms with Gasteiger partial charge in [0.15, 0.2) is 0 Å². The third-order valence-corrected chi connectivity index (χ3v) is 4.79. The van der Waals surface area contributed by atoms with Gasteiger partial charge in [-0.3, -0.25) is 0 Å². The molecule has 5 heteroatoms. The van der Waals surface area contributed by atoms with Crippen LogP contribution in [-0.2, 0) is 16.2 Å². The van der Waals surface area contributed by atoms with Crippen LogP contribution in [0.5, 0.6) is 11.5 Å².